The fourth-order valence-corrected chi connectivity index (χ4v) is 13.8. The van der Waals surface area contributed by atoms with Crippen molar-refractivity contribution in [2.24, 2.45) is 23.7 Å². The van der Waals surface area contributed by atoms with Crippen LogP contribution in [0.15, 0.2) is 206 Å². The number of nitrogens with zero attached hydrogens (tertiary/aromatic N) is 2. The Labute approximate surface area is 386 Å². The first-order valence-electron chi connectivity index (χ1n) is 24.1. The lowest BCUT2D eigenvalue weighted by Gasteiger charge is -2.61. The lowest BCUT2D eigenvalue weighted by Crippen LogP contribution is -2.55. The molecule has 1 spiro atoms. The smallest absolute Gasteiger partial charge is 0.160 e. The van der Waals surface area contributed by atoms with Gasteiger partial charge in [0.05, 0.1) is 11.4 Å². The van der Waals surface area contributed by atoms with Crippen molar-refractivity contribution in [1.82, 2.24) is 9.97 Å². The lowest BCUT2D eigenvalue weighted by atomic mass is 9.43. The van der Waals surface area contributed by atoms with E-state index in [0.717, 1.165) is 68.4 Å². The van der Waals surface area contributed by atoms with E-state index in [2.05, 4.69) is 206 Å². The molecular formula is C64H48N2. The van der Waals surface area contributed by atoms with E-state index in [1.54, 1.807) is 11.1 Å². The first-order valence-corrected chi connectivity index (χ1v) is 24.1. The minimum atomic E-state index is 0.106. The molecule has 4 saturated carbocycles. The minimum absolute atomic E-state index is 0.106. The molecule has 1 aromatic heterocycles. The highest BCUT2D eigenvalue weighted by molar-refractivity contribution is 6.05. The van der Waals surface area contributed by atoms with Gasteiger partial charge >= 0.3 is 0 Å². The average Bonchev–Trinajstić information content (AvgIpc) is 3.66. The van der Waals surface area contributed by atoms with Gasteiger partial charge in [-0.25, -0.2) is 9.97 Å². The van der Waals surface area contributed by atoms with E-state index >= 15 is 0 Å². The summed E-state index contributed by atoms with van der Waals surface area (Å²) in [5.74, 6) is 3.96. The quantitative estimate of drug-likeness (QED) is 0.167. The van der Waals surface area contributed by atoms with E-state index in [1.807, 2.05) is 0 Å². The fraction of sp³-hybridized carbons (Fsp3) is 0.156. The zero-order valence-electron chi connectivity index (χ0n) is 36.9. The maximum atomic E-state index is 5.45. The summed E-state index contributed by atoms with van der Waals surface area (Å²) >= 11 is 0. The van der Waals surface area contributed by atoms with Crippen LogP contribution in [0.2, 0.25) is 0 Å². The van der Waals surface area contributed by atoms with Crippen LogP contribution in [-0.2, 0) is 5.41 Å². The number of rotatable bonds is 6. The molecule has 66 heavy (non-hydrogen) atoms. The van der Waals surface area contributed by atoms with E-state index < -0.39 is 0 Å². The van der Waals surface area contributed by atoms with E-state index in [4.69, 9.17) is 9.97 Å². The van der Waals surface area contributed by atoms with Crippen molar-refractivity contribution >= 4 is 21.5 Å². The standard InChI is InChI=1S/C64H48N2/c1-3-14-42(15-4-1)51-21-11-12-23-55(51)59-39-60(66-63(65-59)46-17-5-2-6-18-46)62-53-22-10-9-16-43(53)30-31-54(62)45-28-26-44(27-29-45)52-24-13-25-57-61(52)56-37-47-19-7-8-20-48(47)38-58(56)64(57)49-33-40-32-41(35-49)36-50(64)34-40/h1-31,37-41,49-50H,32-36H2. The van der Waals surface area contributed by atoms with Crippen molar-refractivity contribution in [3.05, 3.63) is 217 Å². The molecule has 2 heteroatoms. The molecule has 5 aliphatic rings. The third kappa shape index (κ3) is 5.73. The molecule has 9 aromatic carbocycles. The summed E-state index contributed by atoms with van der Waals surface area (Å²) < 4.78 is 0. The van der Waals surface area contributed by atoms with E-state index in [-0.39, 0.29) is 5.41 Å². The van der Waals surface area contributed by atoms with Crippen molar-refractivity contribution in [3.63, 3.8) is 0 Å². The predicted octanol–water partition coefficient (Wildman–Crippen LogP) is 16.5. The summed E-state index contributed by atoms with van der Waals surface area (Å²) in [4.78, 5) is 10.8. The molecule has 2 nitrogen and oxygen atoms in total. The second-order valence-corrected chi connectivity index (χ2v) is 19.7. The van der Waals surface area contributed by atoms with Crippen LogP contribution in [0.25, 0.3) is 100.0 Å². The average molecular weight is 845 g/mol. The Bertz CT molecular complexity index is 3500. The van der Waals surface area contributed by atoms with Crippen molar-refractivity contribution in [2.45, 2.75) is 37.5 Å². The molecule has 0 aliphatic heterocycles. The molecule has 4 fully saturated rings. The van der Waals surface area contributed by atoms with Gasteiger partial charge in [0.1, 0.15) is 0 Å². The zero-order chi connectivity index (χ0) is 43.3. The number of hydrogen-bond acceptors (Lipinski definition) is 2. The van der Waals surface area contributed by atoms with Crippen molar-refractivity contribution in [1.29, 1.82) is 0 Å². The van der Waals surface area contributed by atoms with Gasteiger partial charge in [0, 0.05) is 22.1 Å². The summed E-state index contributed by atoms with van der Waals surface area (Å²) in [7, 11) is 0. The first-order chi connectivity index (χ1) is 32.7. The minimum Gasteiger partial charge on any atom is -0.228 e. The topological polar surface area (TPSA) is 25.8 Å². The number of fused-ring (bicyclic) bond motifs is 5. The second kappa shape index (κ2) is 14.8. The highest BCUT2D eigenvalue weighted by Gasteiger charge is 2.61. The molecule has 0 radical (unpaired) electrons. The van der Waals surface area contributed by atoms with Gasteiger partial charge in [-0.1, -0.05) is 188 Å². The van der Waals surface area contributed by atoms with Gasteiger partial charge in [-0.3, -0.25) is 0 Å². The van der Waals surface area contributed by atoms with E-state index in [9.17, 15) is 0 Å². The van der Waals surface area contributed by atoms with Crippen molar-refractivity contribution in [3.8, 4) is 78.4 Å². The van der Waals surface area contributed by atoms with Crippen molar-refractivity contribution < 1.29 is 0 Å². The van der Waals surface area contributed by atoms with Crippen LogP contribution in [0.5, 0.6) is 0 Å². The molecule has 314 valence electrons. The molecule has 0 N–H and O–H groups in total. The summed E-state index contributed by atoms with van der Waals surface area (Å²) in [6.07, 6.45) is 6.98. The van der Waals surface area contributed by atoms with Crippen LogP contribution < -0.4 is 0 Å². The van der Waals surface area contributed by atoms with E-state index in [0.29, 0.717) is 5.82 Å². The van der Waals surface area contributed by atoms with Gasteiger partial charge in [-0.05, 0) is 151 Å². The number of aromatic nitrogens is 2. The highest BCUT2D eigenvalue weighted by Crippen LogP contribution is 2.70. The van der Waals surface area contributed by atoms with Crippen LogP contribution in [0.4, 0.5) is 0 Å². The van der Waals surface area contributed by atoms with Crippen LogP contribution in [0.1, 0.15) is 43.2 Å². The Morgan fingerprint density at radius 1 is 0.333 bits per heavy atom. The monoisotopic (exact) mass is 844 g/mol. The summed E-state index contributed by atoms with van der Waals surface area (Å²) in [6.45, 7) is 0. The Kier molecular flexibility index (Phi) is 8.50. The predicted molar refractivity (Wildman–Crippen MR) is 273 cm³/mol. The summed E-state index contributed by atoms with van der Waals surface area (Å²) in [5, 5.41) is 5.07. The molecule has 1 heterocycles. The zero-order valence-corrected chi connectivity index (χ0v) is 36.9. The summed E-state index contributed by atoms with van der Waals surface area (Å²) in [5.41, 5.74) is 18.5. The Morgan fingerprint density at radius 2 is 0.879 bits per heavy atom. The maximum Gasteiger partial charge on any atom is 0.160 e. The maximum absolute atomic E-state index is 5.45. The largest absolute Gasteiger partial charge is 0.228 e. The molecule has 5 aliphatic carbocycles. The lowest BCUT2D eigenvalue weighted by molar-refractivity contribution is -0.0398. The van der Waals surface area contributed by atoms with Gasteiger partial charge in [-0.2, -0.15) is 0 Å². The molecule has 0 saturated heterocycles. The fourth-order valence-electron chi connectivity index (χ4n) is 13.8. The van der Waals surface area contributed by atoms with Gasteiger partial charge in [0.2, 0.25) is 0 Å². The number of hydrogen-bond donors (Lipinski definition) is 0. The highest BCUT2D eigenvalue weighted by atomic mass is 14.9. The first kappa shape index (κ1) is 37.9. The second-order valence-electron chi connectivity index (χ2n) is 19.7. The summed E-state index contributed by atoms with van der Waals surface area (Å²) in [6, 6.07) is 76.1. The Hall–Kier alpha value is -7.42. The molecule has 15 rings (SSSR count). The molecule has 10 aromatic rings. The number of benzene rings is 9. The van der Waals surface area contributed by atoms with Gasteiger partial charge in [0.15, 0.2) is 5.82 Å². The van der Waals surface area contributed by atoms with E-state index in [1.165, 1.54) is 81.5 Å². The third-order valence-electron chi connectivity index (χ3n) is 16.3. The molecular weight excluding hydrogens is 797 g/mol. The third-order valence-corrected chi connectivity index (χ3v) is 16.3. The molecule has 0 amide bonds. The normalized spacial score (nSPS) is 21.1. The van der Waals surface area contributed by atoms with Crippen LogP contribution in [-0.4, -0.2) is 9.97 Å². The van der Waals surface area contributed by atoms with Crippen LogP contribution >= 0.6 is 0 Å². The van der Waals surface area contributed by atoms with Crippen molar-refractivity contribution in [2.75, 3.05) is 0 Å². The molecule has 0 unspecified atom stereocenters. The SMILES string of the molecule is c1ccc(-c2nc(-c3ccccc3-c3ccccc3)cc(-c3c(-c4ccc(-c5cccc6c5-c5cc7ccccc7cc5C65C6CC7CC(C6)CC5C7)cc4)ccc4ccccc34)n2)cc1. The van der Waals surface area contributed by atoms with Crippen LogP contribution in [0.3, 0.4) is 0 Å². The van der Waals surface area contributed by atoms with Crippen LogP contribution in [0, 0.1) is 23.7 Å². The van der Waals surface area contributed by atoms with Gasteiger partial charge in [-0.15, -0.1) is 0 Å². The van der Waals surface area contributed by atoms with Gasteiger partial charge < -0.3 is 0 Å². The Morgan fingerprint density at radius 3 is 1.59 bits per heavy atom. The molecule has 4 bridgehead atoms. The molecule has 0 atom stereocenters. The van der Waals surface area contributed by atoms with Gasteiger partial charge in [0.25, 0.3) is 0 Å². The Balaban J connectivity index is 0.937.